The predicted molar refractivity (Wildman–Crippen MR) is 120 cm³/mol. The summed E-state index contributed by atoms with van der Waals surface area (Å²) >= 11 is 0. The fraction of sp³-hybridized carbons (Fsp3) is 0.636. The second kappa shape index (κ2) is 12.2. The molecule has 0 aliphatic carbocycles. The zero-order valence-corrected chi connectivity index (χ0v) is 20.4. The van der Waals surface area contributed by atoms with Crippen molar-refractivity contribution in [2.45, 2.75) is 76.6 Å². The molecule has 3 N–H and O–H groups in total. The van der Waals surface area contributed by atoms with Crippen LogP contribution in [0, 0.1) is 0 Å². The van der Waals surface area contributed by atoms with Gasteiger partial charge in [0.15, 0.2) is 8.32 Å². The van der Waals surface area contributed by atoms with Gasteiger partial charge in [-0.05, 0) is 23.7 Å². The number of carbonyl (C=O) groups excluding carboxylic acids is 2. The Bertz CT molecular complexity index is 691. The van der Waals surface area contributed by atoms with Crippen LogP contribution in [0.4, 0.5) is 4.79 Å². The first kappa shape index (κ1) is 27.1. The summed E-state index contributed by atoms with van der Waals surface area (Å²) in [7, 11) is -0.920. The predicted octanol–water partition coefficient (Wildman–Crippen LogP) is 2.98. The highest BCUT2D eigenvalue weighted by Gasteiger charge is 2.38. The van der Waals surface area contributed by atoms with Crippen molar-refractivity contribution in [3.63, 3.8) is 0 Å². The Morgan fingerprint density at radius 3 is 2.29 bits per heavy atom. The van der Waals surface area contributed by atoms with Crippen LogP contribution in [-0.2, 0) is 25.3 Å². The third kappa shape index (κ3) is 9.81. The van der Waals surface area contributed by atoms with E-state index in [1.165, 1.54) is 7.11 Å². The molecule has 0 saturated heterocycles. The first-order valence-corrected chi connectivity index (χ1v) is 13.3. The number of hydrogen-bond acceptors (Lipinski definition) is 7. The summed E-state index contributed by atoms with van der Waals surface area (Å²) in [4.78, 5) is 23.7. The number of hydrogen-bond donors (Lipinski definition) is 3. The Kier molecular flexibility index (Phi) is 10.6. The van der Waals surface area contributed by atoms with E-state index in [1.54, 1.807) is 0 Å². The summed E-state index contributed by atoms with van der Waals surface area (Å²) in [6.07, 6.45) is -3.33. The van der Waals surface area contributed by atoms with E-state index in [9.17, 15) is 19.8 Å². The molecule has 0 saturated carbocycles. The normalized spacial score (nSPS) is 15.0. The molecule has 0 radical (unpaired) electrons. The van der Waals surface area contributed by atoms with Gasteiger partial charge in [-0.25, -0.2) is 4.79 Å². The monoisotopic (exact) mass is 455 g/mol. The van der Waals surface area contributed by atoms with Crippen molar-refractivity contribution in [1.82, 2.24) is 5.32 Å². The Morgan fingerprint density at radius 2 is 1.74 bits per heavy atom. The molecule has 1 amide bonds. The molecule has 0 aliphatic rings. The highest BCUT2D eigenvalue weighted by molar-refractivity contribution is 6.74. The van der Waals surface area contributed by atoms with Crippen LogP contribution in [0.1, 0.15) is 39.2 Å². The summed E-state index contributed by atoms with van der Waals surface area (Å²) < 4.78 is 16.0. The number of methoxy groups -OCH3 is 1. The number of esters is 1. The van der Waals surface area contributed by atoms with Crippen molar-refractivity contribution in [3.8, 4) is 0 Å². The van der Waals surface area contributed by atoms with Crippen molar-refractivity contribution in [3.05, 3.63) is 35.9 Å². The highest BCUT2D eigenvalue weighted by Crippen LogP contribution is 2.36. The zero-order valence-electron chi connectivity index (χ0n) is 19.4. The van der Waals surface area contributed by atoms with Gasteiger partial charge < -0.3 is 29.4 Å². The van der Waals surface area contributed by atoms with Crippen LogP contribution < -0.4 is 5.32 Å². The van der Waals surface area contributed by atoms with Crippen molar-refractivity contribution in [2.24, 2.45) is 0 Å². The standard InChI is InChI=1S/C22H37NO7Si/c1-22(2,3)31(5,6)30-15-18(19(25)12-17(24)13-20(26)28-4)23-21(27)29-14-16-10-8-7-9-11-16/h7-11,17-19,24-25H,12-15H2,1-6H3,(H,23,27)/t17-,18+,19+/m1/s1. The van der Waals surface area contributed by atoms with Crippen LogP contribution in [0.15, 0.2) is 30.3 Å². The number of amides is 1. The minimum absolute atomic E-state index is 0.0548. The molecule has 176 valence electrons. The molecule has 3 atom stereocenters. The molecule has 1 rings (SSSR count). The average Bonchev–Trinajstić information content (AvgIpc) is 2.69. The van der Waals surface area contributed by atoms with Gasteiger partial charge in [0.05, 0.1) is 38.4 Å². The van der Waals surface area contributed by atoms with Gasteiger partial charge in [0.1, 0.15) is 6.61 Å². The Hall–Kier alpha value is -1.94. The number of nitrogens with one attached hydrogen (secondary N) is 1. The van der Waals surface area contributed by atoms with E-state index in [4.69, 9.17) is 9.16 Å². The lowest BCUT2D eigenvalue weighted by molar-refractivity contribution is -0.143. The molecule has 0 aliphatic heterocycles. The van der Waals surface area contributed by atoms with Gasteiger partial charge in [-0.2, -0.15) is 0 Å². The molecule has 31 heavy (non-hydrogen) atoms. The minimum Gasteiger partial charge on any atom is -0.469 e. The highest BCUT2D eigenvalue weighted by atomic mass is 28.4. The van der Waals surface area contributed by atoms with Gasteiger partial charge in [-0.1, -0.05) is 51.1 Å². The molecule has 9 heteroatoms. The number of alkyl carbamates (subject to hydrolysis) is 1. The van der Waals surface area contributed by atoms with Gasteiger partial charge in [0.2, 0.25) is 0 Å². The maximum atomic E-state index is 12.3. The van der Waals surface area contributed by atoms with E-state index in [2.05, 4.69) is 43.9 Å². The van der Waals surface area contributed by atoms with Crippen molar-refractivity contribution < 1.29 is 33.7 Å². The molecule has 8 nitrogen and oxygen atoms in total. The van der Waals surface area contributed by atoms with Crippen LogP contribution in [0.2, 0.25) is 18.1 Å². The SMILES string of the molecule is COC(=O)C[C@H](O)C[C@H](O)[C@H](CO[Si](C)(C)C(C)(C)C)NC(=O)OCc1ccccc1. The fourth-order valence-electron chi connectivity index (χ4n) is 2.48. The third-order valence-electron chi connectivity index (χ3n) is 5.55. The summed E-state index contributed by atoms with van der Waals surface area (Å²) in [5.41, 5.74) is 0.834. The lowest BCUT2D eigenvalue weighted by atomic mass is 10.0. The molecule has 0 aromatic heterocycles. The molecule has 1 aromatic rings. The van der Waals surface area contributed by atoms with Gasteiger partial charge in [0.25, 0.3) is 0 Å². The first-order valence-electron chi connectivity index (χ1n) is 10.4. The molecule has 0 heterocycles. The Balaban J connectivity index is 2.78. The van der Waals surface area contributed by atoms with E-state index in [-0.39, 0.29) is 31.1 Å². The number of aliphatic hydroxyl groups is 2. The smallest absolute Gasteiger partial charge is 0.407 e. The average molecular weight is 456 g/mol. The third-order valence-corrected chi connectivity index (χ3v) is 10.1. The molecule has 0 spiro atoms. The summed E-state index contributed by atoms with van der Waals surface area (Å²) in [6, 6.07) is 8.42. The van der Waals surface area contributed by atoms with Crippen molar-refractivity contribution in [1.29, 1.82) is 0 Å². The van der Waals surface area contributed by atoms with Gasteiger partial charge in [0, 0.05) is 6.42 Å². The fourth-order valence-corrected chi connectivity index (χ4v) is 3.51. The number of aliphatic hydroxyl groups excluding tert-OH is 2. The second-order valence-corrected chi connectivity index (χ2v) is 13.9. The largest absolute Gasteiger partial charge is 0.469 e. The van der Waals surface area contributed by atoms with Gasteiger partial charge in [-0.15, -0.1) is 0 Å². The molecule has 0 bridgehead atoms. The van der Waals surface area contributed by atoms with E-state index >= 15 is 0 Å². The summed E-state index contributed by atoms with van der Waals surface area (Å²) in [5.74, 6) is -0.580. The van der Waals surface area contributed by atoms with Crippen molar-refractivity contribution >= 4 is 20.4 Å². The van der Waals surface area contributed by atoms with Crippen molar-refractivity contribution in [2.75, 3.05) is 13.7 Å². The van der Waals surface area contributed by atoms with Crippen LogP contribution in [-0.4, -0.2) is 62.6 Å². The minimum atomic E-state index is -2.15. The van der Waals surface area contributed by atoms with E-state index < -0.39 is 38.6 Å². The van der Waals surface area contributed by atoms with E-state index in [0.717, 1.165) is 5.56 Å². The quantitative estimate of drug-likeness (QED) is 0.347. The summed E-state index contributed by atoms with van der Waals surface area (Å²) in [6.45, 7) is 10.5. The number of ether oxygens (including phenoxy) is 2. The topological polar surface area (TPSA) is 114 Å². The maximum absolute atomic E-state index is 12.3. The lowest BCUT2D eigenvalue weighted by Gasteiger charge is -2.38. The number of rotatable bonds is 11. The molecule has 0 unspecified atom stereocenters. The Morgan fingerprint density at radius 1 is 1.13 bits per heavy atom. The molecule has 1 aromatic carbocycles. The van der Waals surface area contributed by atoms with Crippen LogP contribution in [0.25, 0.3) is 0 Å². The second-order valence-electron chi connectivity index (χ2n) is 9.12. The maximum Gasteiger partial charge on any atom is 0.407 e. The first-order chi connectivity index (χ1) is 14.4. The number of benzene rings is 1. The molecular formula is C22H37NO7Si. The Labute approximate surface area is 186 Å². The van der Waals surface area contributed by atoms with Crippen LogP contribution in [0.5, 0.6) is 0 Å². The lowest BCUT2D eigenvalue weighted by Crippen LogP contribution is -2.51. The molecular weight excluding hydrogens is 418 g/mol. The van der Waals surface area contributed by atoms with Crippen LogP contribution in [0.3, 0.4) is 0 Å². The van der Waals surface area contributed by atoms with E-state index in [1.807, 2.05) is 30.3 Å². The number of carbonyl (C=O) groups is 2. The van der Waals surface area contributed by atoms with E-state index in [0.29, 0.717) is 0 Å². The summed E-state index contributed by atoms with van der Waals surface area (Å²) in [5, 5.41) is 23.3. The van der Waals surface area contributed by atoms with Gasteiger partial charge >= 0.3 is 12.1 Å². The van der Waals surface area contributed by atoms with Gasteiger partial charge in [-0.3, -0.25) is 4.79 Å². The van der Waals surface area contributed by atoms with Crippen LogP contribution >= 0.6 is 0 Å². The molecule has 0 fully saturated rings. The zero-order chi connectivity index (χ0) is 23.7.